The molecule has 0 atom stereocenters. The van der Waals surface area contributed by atoms with Gasteiger partial charge in [-0.3, -0.25) is 4.72 Å². The number of hydrogen-bond donors (Lipinski definition) is 2. The zero-order valence-electron chi connectivity index (χ0n) is 11.8. The highest BCUT2D eigenvalue weighted by atomic mass is 35.5. The van der Waals surface area contributed by atoms with Crippen LogP contribution < -0.4 is 14.9 Å². The van der Waals surface area contributed by atoms with Crippen LogP contribution in [0.15, 0.2) is 24.3 Å². The highest BCUT2D eigenvalue weighted by molar-refractivity contribution is 7.93. The predicted octanol–water partition coefficient (Wildman–Crippen LogP) is 1.67. The fourth-order valence-electron chi connectivity index (χ4n) is 1.97. The van der Waals surface area contributed by atoms with Gasteiger partial charge >= 0.3 is 0 Å². The topological polar surface area (TPSA) is 61.4 Å². The molecule has 7 heteroatoms. The number of nitrogens with zero attached hydrogens (tertiary/aromatic N) is 1. The maximum atomic E-state index is 11.9. The smallest absolute Gasteiger partial charge is 0.235 e. The van der Waals surface area contributed by atoms with Crippen LogP contribution in [0.1, 0.15) is 13.8 Å². The molecule has 0 unspecified atom stereocenters. The highest BCUT2D eigenvalue weighted by Gasteiger charge is 2.16. The first-order chi connectivity index (χ1) is 8.99. The van der Waals surface area contributed by atoms with Crippen molar-refractivity contribution >= 4 is 33.8 Å². The van der Waals surface area contributed by atoms with Crippen LogP contribution in [0.2, 0.25) is 0 Å². The van der Waals surface area contributed by atoms with Crippen molar-refractivity contribution in [1.29, 1.82) is 0 Å². The highest BCUT2D eigenvalue weighted by Crippen LogP contribution is 2.21. The molecule has 0 amide bonds. The summed E-state index contributed by atoms with van der Waals surface area (Å²) in [5.41, 5.74) is 1.69. The van der Waals surface area contributed by atoms with Crippen LogP contribution in [0.3, 0.4) is 0 Å². The Morgan fingerprint density at radius 2 is 1.90 bits per heavy atom. The summed E-state index contributed by atoms with van der Waals surface area (Å²) in [7, 11) is -3.28. The Morgan fingerprint density at radius 3 is 2.50 bits per heavy atom. The fraction of sp³-hybridized carbons (Fsp3) is 0.538. The van der Waals surface area contributed by atoms with Crippen LogP contribution >= 0.6 is 12.4 Å². The number of anilines is 2. The second-order valence-corrected chi connectivity index (χ2v) is 7.22. The second kappa shape index (κ2) is 7.15. The van der Waals surface area contributed by atoms with Crippen LogP contribution in [0.4, 0.5) is 11.4 Å². The van der Waals surface area contributed by atoms with Crippen LogP contribution in [0.5, 0.6) is 0 Å². The summed E-state index contributed by atoms with van der Waals surface area (Å²) in [6, 6.07) is 7.57. The SMILES string of the molecule is CC(C)S(=O)(=O)Nc1cccc(N2CCNCC2)c1.Cl. The molecule has 1 fully saturated rings. The van der Waals surface area contributed by atoms with E-state index in [1.54, 1.807) is 19.9 Å². The van der Waals surface area contributed by atoms with E-state index in [2.05, 4.69) is 14.9 Å². The minimum absolute atomic E-state index is 0. The number of benzene rings is 1. The molecule has 20 heavy (non-hydrogen) atoms. The second-order valence-electron chi connectivity index (χ2n) is 4.98. The third-order valence-corrected chi connectivity index (χ3v) is 4.97. The Kier molecular flexibility index (Phi) is 6.10. The van der Waals surface area contributed by atoms with Gasteiger partial charge in [-0.1, -0.05) is 6.07 Å². The normalized spacial score (nSPS) is 15.8. The summed E-state index contributed by atoms with van der Waals surface area (Å²) < 4.78 is 26.3. The van der Waals surface area contributed by atoms with Gasteiger partial charge in [0.25, 0.3) is 0 Å². The molecule has 0 radical (unpaired) electrons. The van der Waals surface area contributed by atoms with Crippen molar-refractivity contribution in [2.45, 2.75) is 19.1 Å². The first-order valence-electron chi connectivity index (χ1n) is 6.56. The quantitative estimate of drug-likeness (QED) is 0.886. The Hall–Kier alpha value is -0.980. The zero-order valence-corrected chi connectivity index (χ0v) is 13.4. The van der Waals surface area contributed by atoms with Crippen LogP contribution in [-0.4, -0.2) is 39.8 Å². The maximum Gasteiger partial charge on any atom is 0.235 e. The maximum absolute atomic E-state index is 11.9. The first kappa shape index (κ1) is 17.1. The summed E-state index contributed by atoms with van der Waals surface area (Å²) in [5, 5.41) is 2.86. The van der Waals surface area contributed by atoms with E-state index < -0.39 is 15.3 Å². The van der Waals surface area contributed by atoms with E-state index in [1.807, 2.05) is 18.2 Å². The number of sulfonamides is 1. The van der Waals surface area contributed by atoms with Gasteiger partial charge in [0.05, 0.1) is 10.9 Å². The molecule has 0 spiro atoms. The minimum Gasteiger partial charge on any atom is -0.369 e. The molecular weight excluding hydrogens is 298 g/mol. The molecule has 0 saturated carbocycles. The third kappa shape index (κ3) is 4.26. The summed E-state index contributed by atoms with van der Waals surface area (Å²) >= 11 is 0. The van der Waals surface area contributed by atoms with Crippen LogP contribution in [0, 0.1) is 0 Å². The molecule has 2 N–H and O–H groups in total. The lowest BCUT2D eigenvalue weighted by Gasteiger charge is -2.29. The molecule has 1 heterocycles. The Balaban J connectivity index is 0.00000200. The Bertz CT molecular complexity index is 528. The van der Waals surface area contributed by atoms with Gasteiger partial charge in [-0.2, -0.15) is 0 Å². The lowest BCUT2D eigenvalue weighted by atomic mass is 10.2. The van der Waals surface area contributed by atoms with E-state index in [-0.39, 0.29) is 12.4 Å². The summed E-state index contributed by atoms with van der Waals surface area (Å²) in [5.74, 6) is 0. The number of rotatable bonds is 4. The molecule has 114 valence electrons. The van der Waals surface area contributed by atoms with Crippen LogP contribution in [-0.2, 0) is 10.0 Å². The summed E-state index contributed by atoms with van der Waals surface area (Å²) in [6.07, 6.45) is 0. The first-order valence-corrected chi connectivity index (χ1v) is 8.11. The van der Waals surface area contributed by atoms with E-state index in [4.69, 9.17) is 0 Å². The van der Waals surface area contributed by atoms with E-state index in [1.165, 1.54) is 0 Å². The summed E-state index contributed by atoms with van der Waals surface area (Å²) in [4.78, 5) is 2.25. The van der Waals surface area contributed by atoms with Gasteiger partial charge in [-0.15, -0.1) is 12.4 Å². The van der Waals surface area contributed by atoms with Crippen molar-refractivity contribution in [3.05, 3.63) is 24.3 Å². The van der Waals surface area contributed by atoms with Gasteiger partial charge in [0, 0.05) is 31.9 Å². The molecule has 1 saturated heterocycles. The molecule has 1 aliphatic heterocycles. The van der Waals surface area contributed by atoms with Crippen LogP contribution in [0.25, 0.3) is 0 Å². The molecule has 1 aliphatic rings. The standard InChI is InChI=1S/C13H21N3O2S.ClH/c1-11(2)19(17,18)15-12-4-3-5-13(10-12)16-8-6-14-7-9-16;/h3-5,10-11,14-15H,6-9H2,1-2H3;1H. The van der Waals surface area contributed by atoms with E-state index >= 15 is 0 Å². The van der Waals surface area contributed by atoms with Crippen molar-refractivity contribution in [2.75, 3.05) is 35.8 Å². The van der Waals surface area contributed by atoms with Crippen molar-refractivity contribution < 1.29 is 8.42 Å². The predicted molar refractivity (Wildman–Crippen MR) is 86.5 cm³/mol. The van der Waals surface area contributed by atoms with Gasteiger partial charge in [-0.25, -0.2) is 8.42 Å². The third-order valence-electron chi connectivity index (χ3n) is 3.21. The molecule has 1 aromatic rings. The van der Waals surface area contributed by atoms with Gasteiger partial charge in [0.15, 0.2) is 0 Å². The largest absolute Gasteiger partial charge is 0.369 e. The molecule has 2 rings (SSSR count). The molecule has 1 aromatic carbocycles. The van der Waals surface area contributed by atoms with Crippen molar-refractivity contribution in [1.82, 2.24) is 5.32 Å². The minimum atomic E-state index is -3.28. The van der Waals surface area contributed by atoms with Crippen molar-refractivity contribution in [3.63, 3.8) is 0 Å². The van der Waals surface area contributed by atoms with E-state index in [0.717, 1.165) is 31.9 Å². The lowest BCUT2D eigenvalue weighted by molar-refractivity contribution is 0.589. The Labute approximate surface area is 127 Å². The van der Waals surface area contributed by atoms with E-state index in [9.17, 15) is 8.42 Å². The number of piperazine rings is 1. The lowest BCUT2D eigenvalue weighted by Crippen LogP contribution is -2.43. The Morgan fingerprint density at radius 1 is 1.25 bits per heavy atom. The van der Waals surface area contributed by atoms with Gasteiger partial charge in [0.1, 0.15) is 0 Å². The number of halogens is 1. The van der Waals surface area contributed by atoms with Gasteiger partial charge in [0.2, 0.25) is 10.0 Å². The molecule has 0 bridgehead atoms. The van der Waals surface area contributed by atoms with Crippen molar-refractivity contribution in [2.24, 2.45) is 0 Å². The monoisotopic (exact) mass is 319 g/mol. The number of hydrogen-bond acceptors (Lipinski definition) is 4. The molecule has 0 aliphatic carbocycles. The average Bonchev–Trinajstić information content (AvgIpc) is 2.39. The zero-order chi connectivity index (χ0) is 13.9. The molecule has 0 aromatic heterocycles. The average molecular weight is 320 g/mol. The number of nitrogens with one attached hydrogen (secondary N) is 2. The molecule has 5 nitrogen and oxygen atoms in total. The van der Waals surface area contributed by atoms with Crippen molar-refractivity contribution in [3.8, 4) is 0 Å². The van der Waals surface area contributed by atoms with Gasteiger partial charge < -0.3 is 10.2 Å². The summed E-state index contributed by atoms with van der Waals surface area (Å²) in [6.45, 7) is 7.15. The molecular formula is C13H22ClN3O2S. The fourth-order valence-corrected chi connectivity index (χ4v) is 2.66. The van der Waals surface area contributed by atoms with Gasteiger partial charge in [-0.05, 0) is 32.0 Å². The van der Waals surface area contributed by atoms with E-state index in [0.29, 0.717) is 5.69 Å².